The molecule has 0 aliphatic carbocycles. The van der Waals surface area contributed by atoms with E-state index >= 15 is 0 Å². The van der Waals surface area contributed by atoms with Crippen LogP contribution in [0.4, 0.5) is 0 Å². The van der Waals surface area contributed by atoms with Gasteiger partial charge in [0.1, 0.15) is 16.6 Å². The second-order valence-corrected chi connectivity index (χ2v) is 5.72. The van der Waals surface area contributed by atoms with E-state index in [0.29, 0.717) is 16.3 Å². The highest BCUT2D eigenvalue weighted by molar-refractivity contribution is 7.16. The van der Waals surface area contributed by atoms with E-state index in [2.05, 4.69) is 10.1 Å². The standard InChI is InChI=1S/C15H11N5OS/c1-9-19-20-12(7-11(8-16)14(17)21)13(18-15(20)22-9)10-5-3-2-4-6-10/h2-7H,1H3,(H2,17,21)/b11-7+. The van der Waals surface area contributed by atoms with Crippen LogP contribution in [0.5, 0.6) is 0 Å². The molecule has 1 aromatic carbocycles. The Hall–Kier alpha value is -2.98. The Labute approximate surface area is 130 Å². The zero-order valence-electron chi connectivity index (χ0n) is 11.6. The van der Waals surface area contributed by atoms with Gasteiger partial charge in [0, 0.05) is 5.56 Å². The minimum atomic E-state index is -0.775. The van der Waals surface area contributed by atoms with Gasteiger partial charge in [-0.25, -0.2) is 9.50 Å². The summed E-state index contributed by atoms with van der Waals surface area (Å²) in [6.45, 7) is 1.87. The Morgan fingerprint density at radius 3 is 2.77 bits per heavy atom. The molecule has 0 atom stereocenters. The van der Waals surface area contributed by atoms with Crippen LogP contribution in [0.1, 0.15) is 10.7 Å². The second-order valence-electron chi connectivity index (χ2n) is 4.56. The lowest BCUT2D eigenvalue weighted by atomic mass is 10.1. The summed E-state index contributed by atoms with van der Waals surface area (Å²) in [5.74, 6) is -0.775. The topological polar surface area (TPSA) is 97.1 Å². The minimum absolute atomic E-state index is 0.135. The van der Waals surface area contributed by atoms with Crippen molar-refractivity contribution in [3.8, 4) is 17.3 Å². The number of nitrogens with zero attached hydrogens (tertiary/aromatic N) is 4. The quantitative estimate of drug-likeness (QED) is 0.592. The Bertz CT molecular complexity index is 930. The number of rotatable bonds is 3. The number of nitrogens with two attached hydrogens (primary N) is 1. The van der Waals surface area contributed by atoms with Gasteiger partial charge in [0.15, 0.2) is 0 Å². The lowest BCUT2D eigenvalue weighted by Gasteiger charge is -2.00. The molecule has 2 aromatic heterocycles. The molecule has 3 rings (SSSR count). The van der Waals surface area contributed by atoms with Gasteiger partial charge in [-0.2, -0.15) is 10.4 Å². The summed E-state index contributed by atoms with van der Waals surface area (Å²) in [6, 6.07) is 11.3. The highest BCUT2D eigenvalue weighted by Crippen LogP contribution is 2.28. The molecule has 2 N–H and O–H groups in total. The average Bonchev–Trinajstić information content (AvgIpc) is 3.02. The van der Waals surface area contributed by atoms with Gasteiger partial charge in [0.05, 0.1) is 11.4 Å². The Morgan fingerprint density at radius 1 is 1.41 bits per heavy atom. The predicted octanol–water partition coefficient (Wildman–Crippen LogP) is 2.16. The van der Waals surface area contributed by atoms with Gasteiger partial charge in [-0.05, 0) is 13.0 Å². The van der Waals surface area contributed by atoms with Crippen molar-refractivity contribution >= 4 is 28.3 Å². The maximum Gasteiger partial charge on any atom is 0.259 e. The molecule has 0 unspecified atom stereocenters. The van der Waals surface area contributed by atoms with Gasteiger partial charge in [0.25, 0.3) is 5.91 Å². The van der Waals surface area contributed by atoms with Gasteiger partial charge in [0.2, 0.25) is 4.96 Å². The molecule has 6 nitrogen and oxygen atoms in total. The minimum Gasteiger partial charge on any atom is -0.365 e. The molecular formula is C15H11N5OS. The van der Waals surface area contributed by atoms with Crippen molar-refractivity contribution in [2.45, 2.75) is 6.92 Å². The van der Waals surface area contributed by atoms with E-state index in [-0.39, 0.29) is 5.57 Å². The van der Waals surface area contributed by atoms with Crippen molar-refractivity contribution in [2.24, 2.45) is 5.73 Å². The van der Waals surface area contributed by atoms with Gasteiger partial charge in [-0.1, -0.05) is 41.7 Å². The first-order valence-electron chi connectivity index (χ1n) is 6.43. The highest BCUT2D eigenvalue weighted by Gasteiger charge is 2.17. The average molecular weight is 309 g/mol. The van der Waals surface area contributed by atoms with E-state index in [1.54, 1.807) is 4.52 Å². The zero-order chi connectivity index (χ0) is 15.7. The molecule has 0 spiro atoms. The van der Waals surface area contributed by atoms with Crippen molar-refractivity contribution in [3.05, 3.63) is 46.6 Å². The zero-order valence-corrected chi connectivity index (χ0v) is 12.5. The number of primary amides is 1. The largest absolute Gasteiger partial charge is 0.365 e. The number of carbonyl (C=O) groups excluding carboxylic acids is 1. The number of fused-ring (bicyclic) bond motifs is 1. The Balaban J connectivity index is 2.30. The molecule has 0 aliphatic rings. The van der Waals surface area contributed by atoms with Gasteiger partial charge in [-0.15, -0.1) is 0 Å². The molecule has 0 bridgehead atoms. The van der Waals surface area contributed by atoms with Crippen LogP contribution in [0, 0.1) is 18.3 Å². The molecular weight excluding hydrogens is 298 g/mol. The van der Waals surface area contributed by atoms with Crippen LogP contribution < -0.4 is 5.73 Å². The fourth-order valence-corrected chi connectivity index (χ4v) is 2.84. The number of nitriles is 1. The number of carbonyl (C=O) groups is 1. The lowest BCUT2D eigenvalue weighted by molar-refractivity contribution is -0.114. The molecule has 0 saturated carbocycles. The summed E-state index contributed by atoms with van der Waals surface area (Å²) in [5, 5.41) is 14.3. The molecule has 22 heavy (non-hydrogen) atoms. The van der Waals surface area contributed by atoms with E-state index in [9.17, 15) is 4.79 Å². The SMILES string of the molecule is Cc1nn2c(/C=C(\C#N)C(N)=O)c(-c3ccccc3)nc2s1. The maximum absolute atomic E-state index is 11.3. The number of hydrogen-bond donors (Lipinski definition) is 1. The van der Waals surface area contributed by atoms with Gasteiger partial charge >= 0.3 is 0 Å². The maximum atomic E-state index is 11.3. The third-order valence-corrected chi connectivity index (χ3v) is 3.88. The molecule has 2 heterocycles. The van der Waals surface area contributed by atoms with Gasteiger partial charge in [-0.3, -0.25) is 4.79 Å². The fourth-order valence-electron chi connectivity index (χ4n) is 2.09. The van der Waals surface area contributed by atoms with Crippen molar-refractivity contribution in [2.75, 3.05) is 0 Å². The molecule has 0 fully saturated rings. The first-order valence-corrected chi connectivity index (χ1v) is 7.25. The van der Waals surface area contributed by atoms with E-state index < -0.39 is 5.91 Å². The van der Waals surface area contributed by atoms with Crippen LogP contribution in [0.25, 0.3) is 22.3 Å². The smallest absolute Gasteiger partial charge is 0.259 e. The monoisotopic (exact) mass is 309 g/mol. The number of imidazole rings is 1. The molecule has 1 amide bonds. The van der Waals surface area contributed by atoms with Crippen LogP contribution in [0.15, 0.2) is 35.9 Å². The first kappa shape index (κ1) is 14.0. The number of aromatic nitrogens is 3. The molecule has 3 aromatic rings. The first-order chi connectivity index (χ1) is 10.6. The van der Waals surface area contributed by atoms with Crippen molar-refractivity contribution < 1.29 is 4.79 Å². The molecule has 0 radical (unpaired) electrons. The van der Waals surface area contributed by atoms with Gasteiger partial charge < -0.3 is 5.73 Å². The summed E-state index contributed by atoms with van der Waals surface area (Å²) in [5.41, 5.74) is 7.20. The van der Waals surface area contributed by atoms with Crippen molar-refractivity contribution in [3.63, 3.8) is 0 Å². The van der Waals surface area contributed by atoms with Crippen LogP contribution >= 0.6 is 11.3 Å². The number of benzene rings is 1. The summed E-state index contributed by atoms with van der Waals surface area (Å²) in [6.07, 6.45) is 1.43. The second kappa shape index (κ2) is 5.42. The summed E-state index contributed by atoms with van der Waals surface area (Å²) < 4.78 is 1.63. The highest BCUT2D eigenvalue weighted by atomic mass is 32.1. The molecule has 0 aliphatic heterocycles. The number of aryl methyl sites for hydroxylation is 1. The van der Waals surface area contributed by atoms with E-state index in [0.717, 1.165) is 10.6 Å². The van der Waals surface area contributed by atoms with E-state index in [1.807, 2.05) is 43.3 Å². The van der Waals surface area contributed by atoms with Crippen molar-refractivity contribution in [1.29, 1.82) is 5.26 Å². The number of hydrogen-bond acceptors (Lipinski definition) is 5. The third-order valence-electron chi connectivity index (χ3n) is 3.05. The molecule has 7 heteroatoms. The summed E-state index contributed by atoms with van der Waals surface area (Å²) in [7, 11) is 0. The lowest BCUT2D eigenvalue weighted by Crippen LogP contribution is -2.12. The Morgan fingerprint density at radius 2 is 2.14 bits per heavy atom. The van der Waals surface area contributed by atoms with Crippen LogP contribution in [0.3, 0.4) is 0 Å². The third kappa shape index (κ3) is 2.36. The fraction of sp³-hybridized carbons (Fsp3) is 0.0667. The van der Waals surface area contributed by atoms with E-state index in [1.165, 1.54) is 17.4 Å². The van der Waals surface area contributed by atoms with Crippen LogP contribution in [-0.2, 0) is 4.79 Å². The van der Waals surface area contributed by atoms with Crippen molar-refractivity contribution in [1.82, 2.24) is 14.6 Å². The van der Waals surface area contributed by atoms with E-state index in [4.69, 9.17) is 11.0 Å². The van der Waals surface area contributed by atoms with Crippen LogP contribution in [-0.4, -0.2) is 20.5 Å². The number of amides is 1. The van der Waals surface area contributed by atoms with Crippen LogP contribution in [0.2, 0.25) is 0 Å². The predicted molar refractivity (Wildman–Crippen MR) is 83.8 cm³/mol. The Kier molecular flexibility index (Phi) is 3.45. The normalized spacial score (nSPS) is 11.5. The summed E-state index contributed by atoms with van der Waals surface area (Å²) >= 11 is 1.44. The summed E-state index contributed by atoms with van der Waals surface area (Å²) in [4.78, 5) is 16.6. The molecule has 108 valence electrons. The molecule has 0 saturated heterocycles.